The Morgan fingerprint density at radius 1 is 0.380 bits per heavy atom. The van der Waals surface area contributed by atoms with E-state index in [1.807, 2.05) is 72.8 Å². The zero-order chi connectivity index (χ0) is 33.0. The van der Waals surface area contributed by atoms with Gasteiger partial charge in [-0.15, -0.1) is 0 Å². The SMILES string of the molecule is c1ccc(-c2cc(-c3nc(-c4ccccc4)nc(-c4ccccc4)n3)c3oc4cc5c(cc4c3c2)c2ccccc2n5-c2ccccc2)cc1. The number of benzene rings is 7. The Bertz CT molecular complexity index is 2780. The zero-order valence-electron chi connectivity index (χ0n) is 26.9. The standard InChI is InChI=1S/C45H28N4O/c1-5-15-29(16-6-1)32-25-37-36-27-35-34-23-13-14-24-39(34)49(33-21-11-4-12-22-33)40(35)28-41(36)50-42(37)38(26-32)45-47-43(30-17-7-2-8-18-30)46-44(48-45)31-19-9-3-10-20-31/h1-28H. The molecular weight excluding hydrogens is 613 g/mol. The number of rotatable bonds is 5. The van der Waals surface area contributed by atoms with Crippen molar-refractivity contribution < 1.29 is 4.42 Å². The van der Waals surface area contributed by atoms with Crippen LogP contribution in [0.25, 0.3) is 94.7 Å². The van der Waals surface area contributed by atoms with E-state index in [0.717, 1.165) is 66.5 Å². The normalized spacial score (nSPS) is 11.6. The average molecular weight is 641 g/mol. The van der Waals surface area contributed by atoms with Crippen LogP contribution in [0.1, 0.15) is 0 Å². The highest BCUT2D eigenvalue weighted by molar-refractivity contribution is 6.19. The molecule has 0 N–H and O–H groups in total. The third-order valence-corrected chi connectivity index (χ3v) is 9.43. The summed E-state index contributed by atoms with van der Waals surface area (Å²) in [4.78, 5) is 15.2. The lowest BCUT2D eigenvalue weighted by Gasteiger charge is -2.10. The second-order valence-corrected chi connectivity index (χ2v) is 12.5. The van der Waals surface area contributed by atoms with Crippen molar-refractivity contribution in [1.82, 2.24) is 19.5 Å². The first-order valence-corrected chi connectivity index (χ1v) is 16.7. The summed E-state index contributed by atoms with van der Waals surface area (Å²) in [5.74, 6) is 1.78. The van der Waals surface area contributed by atoms with Crippen LogP contribution in [-0.2, 0) is 0 Å². The van der Waals surface area contributed by atoms with Gasteiger partial charge in [0.25, 0.3) is 0 Å². The predicted octanol–water partition coefficient (Wildman–Crippen LogP) is 11.5. The highest BCUT2D eigenvalue weighted by atomic mass is 16.3. The number of nitrogens with zero attached hydrogens (tertiary/aromatic N) is 4. The molecule has 0 amide bonds. The Morgan fingerprint density at radius 2 is 0.940 bits per heavy atom. The van der Waals surface area contributed by atoms with E-state index in [1.54, 1.807) is 0 Å². The fraction of sp³-hybridized carbons (Fsp3) is 0. The van der Waals surface area contributed by atoms with E-state index in [0.29, 0.717) is 17.5 Å². The maximum absolute atomic E-state index is 6.90. The molecule has 0 aliphatic rings. The Morgan fingerprint density at radius 3 is 1.60 bits per heavy atom. The van der Waals surface area contributed by atoms with Crippen molar-refractivity contribution in [3.05, 3.63) is 170 Å². The highest BCUT2D eigenvalue weighted by Gasteiger charge is 2.22. The number of hydrogen-bond acceptors (Lipinski definition) is 4. The van der Waals surface area contributed by atoms with Crippen LogP contribution in [0, 0.1) is 0 Å². The smallest absolute Gasteiger partial charge is 0.167 e. The summed E-state index contributed by atoms with van der Waals surface area (Å²) in [6.07, 6.45) is 0. The molecule has 0 atom stereocenters. The summed E-state index contributed by atoms with van der Waals surface area (Å²) < 4.78 is 9.22. The van der Waals surface area contributed by atoms with Gasteiger partial charge in [0.1, 0.15) is 11.2 Å². The number of para-hydroxylation sites is 2. The number of fused-ring (bicyclic) bond motifs is 6. The van der Waals surface area contributed by atoms with Crippen LogP contribution in [0.4, 0.5) is 0 Å². The molecule has 50 heavy (non-hydrogen) atoms. The third kappa shape index (κ3) is 4.60. The number of hydrogen-bond donors (Lipinski definition) is 0. The quantitative estimate of drug-likeness (QED) is 0.188. The largest absolute Gasteiger partial charge is 0.455 e. The summed E-state index contributed by atoms with van der Waals surface area (Å²) in [7, 11) is 0. The van der Waals surface area contributed by atoms with Gasteiger partial charge in [0, 0.05) is 44.4 Å². The maximum Gasteiger partial charge on any atom is 0.167 e. The first-order valence-electron chi connectivity index (χ1n) is 16.7. The van der Waals surface area contributed by atoms with E-state index in [4.69, 9.17) is 19.4 Å². The van der Waals surface area contributed by atoms with E-state index >= 15 is 0 Å². The molecule has 0 saturated carbocycles. The van der Waals surface area contributed by atoms with E-state index in [9.17, 15) is 0 Å². The van der Waals surface area contributed by atoms with Crippen LogP contribution in [0.3, 0.4) is 0 Å². The Hall–Kier alpha value is -6.85. The van der Waals surface area contributed by atoms with Crippen molar-refractivity contribution in [3.8, 4) is 51.0 Å². The molecule has 0 saturated heterocycles. The Kier molecular flexibility index (Phi) is 6.42. The lowest BCUT2D eigenvalue weighted by atomic mass is 9.98. The van der Waals surface area contributed by atoms with Crippen LogP contribution >= 0.6 is 0 Å². The van der Waals surface area contributed by atoms with E-state index in [-0.39, 0.29) is 0 Å². The monoisotopic (exact) mass is 640 g/mol. The summed E-state index contributed by atoms with van der Waals surface area (Å²) in [6, 6.07) is 58.5. The molecule has 0 spiro atoms. The van der Waals surface area contributed by atoms with Gasteiger partial charge >= 0.3 is 0 Å². The summed E-state index contributed by atoms with van der Waals surface area (Å²) in [5.41, 5.74) is 9.72. The lowest BCUT2D eigenvalue weighted by Crippen LogP contribution is -2.00. The van der Waals surface area contributed by atoms with Gasteiger partial charge in [-0.25, -0.2) is 15.0 Å². The van der Waals surface area contributed by atoms with Crippen molar-refractivity contribution in [1.29, 1.82) is 0 Å². The molecule has 0 fully saturated rings. The Balaban J connectivity index is 1.30. The van der Waals surface area contributed by atoms with Gasteiger partial charge in [-0.2, -0.15) is 0 Å². The van der Waals surface area contributed by atoms with Crippen molar-refractivity contribution in [2.45, 2.75) is 0 Å². The highest BCUT2D eigenvalue weighted by Crippen LogP contribution is 2.42. The van der Waals surface area contributed by atoms with E-state index in [2.05, 4.69) is 102 Å². The van der Waals surface area contributed by atoms with Crippen molar-refractivity contribution in [3.63, 3.8) is 0 Å². The average Bonchev–Trinajstić information content (AvgIpc) is 3.72. The molecular formula is C45H28N4O. The summed E-state index contributed by atoms with van der Waals surface area (Å²) >= 11 is 0. The minimum Gasteiger partial charge on any atom is -0.455 e. The topological polar surface area (TPSA) is 56.7 Å². The van der Waals surface area contributed by atoms with E-state index < -0.39 is 0 Å². The minimum atomic E-state index is 0.559. The number of aromatic nitrogens is 4. The molecule has 234 valence electrons. The molecule has 3 aromatic heterocycles. The van der Waals surface area contributed by atoms with Gasteiger partial charge in [-0.1, -0.05) is 127 Å². The molecule has 0 unspecified atom stereocenters. The molecule has 10 aromatic rings. The molecule has 5 heteroatoms. The van der Waals surface area contributed by atoms with Gasteiger partial charge in [0.2, 0.25) is 0 Å². The first kappa shape index (κ1) is 28.2. The van der Waals surface area contributed by atoms with Crippen LogP contribution in [0.2, 0.25) is 0 Å². The van der Waals surface area contributed by atoms with Crippen LogP contribution in [0.5, 0.6) is 0 Å². The molecule has 0 radical (unpaired) electrons. The van der Waals surface area contributed by atoms with Crippen LogP contribution < -0.4 is 0 Å². The fourth-order valence-corrected chi connectivity index (χ4v) is 7.09. The van der Waals surface area contributed by atoms with Crippen molar-refractivity contribution in [2.24, 2.45) is 0 Å². The van der Waals surface area contributed by atoms with Gasteiger partial charge in [-0.05, 0) is 47.5 Å². The predicted molar refractivity (Wildman–Crippen MR) is 203 cm³/mol. The molecule has 5 nitrogen and oxygen atoms in total. The zero-order valence-corrected chi connectivity index (χ0v) is 26.9. The second-order valence-electron chi connectivity index (χ2n) is 12.5. The molecule has 3 heterocycles. The second kappa shape index (κ2) is 11.4. The summed E-state index contributed by atoms with van der Waals surface area (Å²) in [6.45, 7) is 0. The third-order valence-electron chi connectivity index (χ3n) is 9.43. The van der Waals surface area contributed by atoms with Crippen LogP contribution in [0.15, 0.2) is 174 Å². The molecule has 0 aliphatic heterocycles. The number of furan rings is 1. The fourth-order valence-electron chi connectivity index (χ4n) is 7.09. The van der Waals surface area contributed by atoms with E-state index in [1.165, 1.54) is 10.8 Å². The van der Waals surface area contributed by atoms with Gasteiger partial charge in [0.15, 0.2) is 17.5 Å². The minimum absolute atomic E-state index is 0.559. The van der Waals surface area contributed by atoms with Gasteiger partial charge < -0.3 is 8.98 Å². The Labute approximate surface area is 287 Å². The maximum atomic E-state index is 6.90. The summed E-state index contributed by atoms with van der Waals surface area (Å²) in [5, 5.41) is 4.42. The molecule has 0 bridgehead atoms. The first-order chi connectivity index (χ1) is 24.8. The van der Waals surface area contributed by atoms with Crippen LogP contribution in [-0.4, -0.2) is 19.5 Å². The molecule has 10 rings (SSSR count). The van der Waals surface area contributed by atoms with Crippen molar-refractivity contribution >= 4 is 43.7 Å². The van der Waals surface area contributed by atoms with Gasteiger partial charge in [-0.3, -0.25) is 0 Å². The van der Waals surface area contributed by atoms with Crippen molar-refractivity contribution in [2.75, 3.05) is 0 Å². The molecule has 0 aliphatic carbocycles. The van der Waals surface area contributed by atoms with Gasteiger partial charge in [0.05, 0.1) is 16.6 Å². The molecule has 7 aromatic carbocycles. The lowest BCUT2D eigenvalue weighted by molar-refractivity contribution is 0.670.